The van der Waals surface area contributed by atoms with E-state index in [1.54, 1.807) is 30.0 Å². The number of amides is 1. The first-order chi connectivity index (χ1) is 10.9. The number of rotatable bonds is 6. The molecule has 0 aliphatic carbocycles. The molecule has 0 unspecified atom stereocenters. The second-order valence-corrected chi connectivity index (χ2v) is 7.08. The number of nitrogens with one attached hydrogen (secondary N) is 1. The normalized spacial score (nSPS) is 13.0. The van der Waals surface area contributed by atoms with Crippen LogP contribution in [0.4, 0.5) is 0 Å². The van der Waals surface area contributed by atoms with Crippen molar-refractivity contribution in [3.8, 4) is 0 Å². The summed E-state index contributed by atoms with van der Waals surface area (Å²) in [7, 11) is -3.74. The molecule has 0 saturated heterocycles. The lowest BCUT2D eigenvalue weighted by molar-refractivity contribution is -0.132. The Hall–Kier alpha value is -1.92. The number of sulfonamides is 1. The minimum Gasteiger partial charge on any atom is -0.342 e. The Morgan fingerprint density at radius 1 is 1.09 bits per heavy atom. The molecule has 5 nitrogen and oxygen atoms in total. The zero-order valence-corrected chi connectivity index (χ0v) is 14.4. The predicted octanol–water partition coefficient (Wildman–Crippen LogP) is 2.38. The van der Waals surface area contributed by atoms with Crippen molar-refractivity contribution in [2.24, 2.45) is 0 Å². The smallest absolute Gasteiger partial charge is 0.241 e. The van der Waals surface area contributed by atoms with Gasteiger partial charge in [-0.15, -0.1) is 0 Å². The van der Waals surface area contributed by atoms with Gasteiger partial charge in [0, 0.05) is 13.1 Å². The van der Waals surface area contributed by atoms with Crippen LogP contribution in [-0.4, -0.2) is 38.4 Å². The van der Waals surface area contributed by atoms with E-state index in [0.29, 0.717) is 13.1 Å². The molecule has 1 atom stereocenters. The maximum Gasteiger partial charge on any atom is 0.241 e. The first-order valence-corrected chi connectivity index (χ1v) is 9.17. The minimum atomic E-state index is -3.74. The van der Waals surface area contributed by atoms with Crippen LogP contribution in [0.15, 0.2) is 47.4 Å². The highest BCUT2D eigenvalue weighted by Gasteiger charge is 2.24. The van der Waals surface area contributed by atoms with E-state index in [-0.39, 0.29) is 10.8 Å². The minimum absolute atomic E-state index is 0.162. The van der Waals surface area contributed by atoms with Crippen molar-refractivity contribution in [2.45, 2.75) is 31.7 Å². The molecule has 0 fully saturated rings. The van der Waals surface area contributed by atoms with Crippen LogP contribution in [-0.2, 0) is 14.8 Å². The van der Waals surface area contributed by atoms with Gasteiger partial charge in [-0.05, 0) is 43.7 Å². The second kappa shape index (κ2) is 7.10. The van der Waals surface area contributed by atoms with Gasteiger partial charge >= 0.3 is 0 Å². The van der Waals surface area contributed by atoms with Crippen molar-refractivity contribution in [2.75, 3.05) is 13.1 Å². The fourth-order valence-corrected chi connectivity index (χ4v) is 3.73. The Morgan fingerprint density at radius 3 is 2.30 bits per heavy atom. The van der Waals surface area contributed by atoms with Crippen LogP contribution in [0.3, 0.4) is 0 Å². The highest BCUT2D eigenvalue weighted by Crippen LogP contribution is 2.19. The zero-order valence-electron chi connectivity index (χ0n) is 13.6. The highest BCUT2D eigenvalue weighted by molar-refractivity contribution is 7.89. The van der Waals surface area contributed by atoms with Gasteiger partial charge in [-0.2, -0.15) is 4.72 Å². The molecule has 6 heteroatoms. The average molecular weight is 334 g/mol. The zero-order chi connectivity index (χ0) is 17.0. The lowest BCUT2D eigenvalue weighted by atomic mass is 10.1. The summed E-state index contributed by atoms with van der Waals surface area (Å²) in [6, 6.07) is 11.7. The molecule has 124 valence electrons. The number of hydrogen-bond acceptors (Lipinski definition) is 3. The van der Waals surface area contributed by atoms with Crippen LogP contribution in [0.1, 0.15) is 20.8 Å². The molecular weight excluding hydrogens is 312 g/mol. The third-order valence-corrected chi connectivity index (χ3v) is 5.35. The number of likely N-dealkylation sites (N-methyl/N-ethyl adjacent to an activating group) is 1. The number of hydrogen-bond donors (Lipinski definition) is 1. The Labute approximate surface area is 137 Å². The predicted molar refractivity (Wildman–Crippen MR) is 91.7 cm³/mol. The molecule has 0 bridgehead atoms. The average Bonchev–Trinajstić information content (AvgIpc) is 2.55. The van der Waals surface area contributed by atoms with E-state index in [9.17, 15) is 13.2 Å². The molecule has 0 aromatic heterocycles. The molecule has 23 heavy (non-hydrogen) atoms. The first-order valence-electron chi connectivity index (χ1n) is 7.69. The number of nitrogens with zero attached hydrogens (tertiary/aromatic N) is 1. The summed E-state index contributed by atoms with van der Waals surface area (Å²) in [5.74, 6) is -0.223. The molecular formula is C17H22N2O3S. The highest BCUT2D eigenvalue weighted by atomic mass is 32.2. The molecule has 0 spiro atoms. The van der Waals surface area contributed by atoms with Gasteiger partial charge in [0.1, 0.15) is 0 Å². The van der Waals surface area contributed by atoms with Crippen molar-refractivity contribution < 1.29 is 13.2 Å². The van der Waals surface area contributed by atoms with Gasteiger partial charge in [0.05, 0.1) is 10.9 Å². The van der Waals surface area contributed by atoms with E-state index in [0.717, 1.165) is 10.8 Å². The number of carbonyl (C=O) groups is 1. The Kier molecular flexibility index (Phi) is 5.38. The van der Waals surface area contributed by atoms with Crippen LogP contribution < -0.4 is 4.72 Å². The first kappa shape index (κ1) is 17.4. The second-order valence-electron chi connectivity index (χ2n) is 5.36. The van der Waals surface area contributed by atoms with Gasteiger partial charge in [-0.3, -0.25) is 4.79 Å². The summed E-state index contributed by atoms with van der Waals surface area (Å²) < 4.78 is 27.5. The molecule has 2 aromatic carbocycles. The maximum atomic E-state index is 12.5. The monoisotopic (exact) mass is 334 g/mol. The molecule has 0 aliphatic rings. The number of fused-ring (bicyclic) bond motifs is 1. The molecule has 0 heterocycles. The van der Waals surface area contributed by atoms with Gasteiger partial charge in [0.2, 0.25) is 15.9 Å². The van der Waals surface area contributed by atoms with Crippen LogP contribution in [0, 0.1) is 0 Å². The van der Waals surface area contributed by atoms with Gasteiger partial charge in [0.25, 0.3) is 0 Å². The van der Waals surface area contributed by atoms with Gasteiger partial charge < -0.3 is 4.90 Å². The van der Waals surface area contributed by atoms with Gasteiger partial charge in [0.15, 0.2) is 0 Å². The van der Waals surface area contributed by atoms with Crippen LogP contribution in [0.5, 0.6) is 0 Å². The van der Waals surface area contributed by atoms with E-state index < -0.39 is 16.1 Å². The lowest BCUT2D eigenvalue weighted by Gasteiger charge is -2.23. The van der Waals surface area contributed by atoms with Crippen molar-refractivity contribution in [3.05, 3.63) is 42.5 Å². The van der Waals surface area contributed by atoms with Crippen molar-refractivity contribution >= 4 is 26.7 Å². The Morgan fingerprint density at radius 2 is 1.70 bits per heavy atom. The molecule has 2 aromatic rings. The summed E-state index contributed by atoms with van der Waals surface area (Å²) in [6.07, 6.45) is 0. The molecule has 0 radical (unpaired) electrons. The summed E-state index contributed by atoms with van der Waals surface area (Å²) in [6.45, 7) is 6.41. The van der Waals surface area contributed by atoms with Crippen LogP contribution >= 0.6 is 0 Å². The molecule has 0 saturated carbocycles. The standard InChI is InChI=1S/C17H22N2O3S/c1-4-19(5-2)17(20)13(3)18-23(21,22)16-11-10-14-8-6-7-9-15(14)12-16/h6-13,18H,4-5H2,1-3H3/t13-/m0/s1. The maximum absolute atomic E-state index is 12.5. The van der Waals surface area contributed by atoms with E-state index in [1.807, 2.05) is 38.1 Å². The van der Waals surface area contributed by atoms with Crippen molar-refractivity contribution in [1.29, 1.82) is 0 Å². The van der Waals surface area contributed by atoms with E-state index in [1.165, 1.54) is 0 Å². The molecule has 1 N–H and O–H groups in total. The number of carbonyl (C=O) groups excluding carboxylic acids is 1. The Balaban J connectivity index is 2.24. The van der Waals surface area contributed by atoms with E-state index in [2.05, 4.69) is 4.72 Å². The molecule has 1 amide bonds. The van der Waals surface area contributed by atoms with Crippen molar-refractivity contribution in [1.82, 2.24) is 9.62 Å². The van der Waals surface area contributed by atoms with Gasteiger partial charge in [-0.1, -0.05) is 30.3 Å². The Bertz CT molecular complexity index is 798. The van der Waals surface area contributed by atoms with E-state index in [4.69, 9.17) is 0 Å². The molecule has 2 rings (SSSR count). The summed E-state index contributed by atoms with van der Waals surface area (Å²) in [5, 5.41) is 1.82. The summed E-state index contributed by atoms with van der Waals surface area (Å²) in [4.78, 5) is 14.0. The van der Waals surface area contributed by atoms with E-state index >= 15 is 0 Å². The SMILES string of the molecule is CCN(CC)C(=O)[C@H](C)NS(=O)(=O)c1ccc2ccccc2c1. The number of benzene rings is 2. The molecule has 0 aliphatic heterocycles. The van der Waals surface area contributed by atoms with Gasteiger partial charge in [-0.25, -0.2) is 8.42 Å². The van der Waals surface area contributed by atoms with Crippen LogP contribution in [0.2, 0.25) is 0 Å². The van der Waals surface area contributed by atoms with Crippen LogP contribution in [0.25, 0.3) is 10.8 Å². The lowest BCUT2D eigenvalue weighted by Crippen LogP contribution is -2.46. The fourth-order valence-electron chi connectivity index (χ4n) is 2.49. The third kappa shape index (κ3) is 3.89. The fraction of sp³-hybridized carbons (Fsp3) is 0.353. The topological polar surface area (TPSA) is 66.5 Å². The largest absolute Gasteiger partial charge is 0.342 e. The van der Waals surface area contributed by atoms with Crippen molar-refractivity contribution in [3.63, 3.8) is 0 Å². The summed E-state index contributed by atoms with van der Waals surface area (Å²) in [5.41, 5.74) is 0. The summed E-state index contributed by atoms with van der Waals surface area (Å²) >= 11 is 0. The quantitative estimate of drug-likeness (QED) is 0.882. The third-order valence-electron chi connectivity index (χ3n) is 3.81.